The number of aromatic nitrogens is 2. The molecule has 15 heavy (non-hydrogen) atoms. The molecule has 0 fully saturated rings. The Hall–Kier alpha value is -1.29. The van der Waals surface area contributed by atoms with Crippen LogP contribution in [0.1, 0.15) is 19.5 Å². The molecule has 80 valence electrons. The maximum absolute atomic E-state index is 12.8. The molecule has 0 amide bonds. The van der Waals surface area contributed by atoms with E-state index in [0.29, 0.717) is 0 Å². The summed E-state index contributed by atoms with van der Waals surface area (Å²) in [4.78, 5) is 8.00. The summed E-state index contributed by atoms with van der Waals surface area (Å²) in [6.07, 6.45) is 2.80. The van der Waals surface area contributed by atoms with Gasteiger partial charge in [-0.1, -0.05) is 13.8 Å². The van der Waals surface area contributed by atoms with Crippen molar-refractivity contribution in [3.05, 3.63) is 35.4 Å². The van der Waals surface area contributed by atoms with Crippen molar-refractivity contribution in [2.24, 2.45) is 0 Å². The highest BCUT2D eigenvalue weighted by Crippen LogP contribution is 2.22. The van der Waals surface area contributed by atoms with Gasteiger partial charge in [-0.05, 0) is 13.0 Å². The first-order chi connectivity index (χ1) is 7.25. The molecule has 0 saturated heterocycles. The summed E-state index contributed by atoms with van der Waals surface area (Å²) in [6, 6.07) is 1.44. The molecule has 0 unspecified atom stereocenters. The summed E-state index contributed by atoms with van der Waals surface area (Å²) in [7, 11) is 0. The first-order valence-electron chi connectivity index (χ1n) is 4.79. The largest absolute Gasteiger partial charge is 0.261 e. The van der Waals surface area contributed by atoms with E-state index in [2.05, 4.69) is 9.97 Å². The lowest BCUT2D eigenvalue weighted by Gasteiger charge is -1.93. The number of nitrogens with zero attached hydrogens (tertiary/aromatic N) is 2. The predicted molar refractivity (Wildman–Crippen MR) is 61.4 cm³/mol. The molecule has 0 bridgehead atoms. The topological polar surface area (TPSA) is 25.8 Å². The molecule has 4 heteroatoms. The number of hydrogen-bond acceptors (Lipinski definition) is 3. The summed E-state index contributed by atoms with van der Waals surface area (Å²) >= 11 is 1.49. The highest BCUT2D eigenvalue weighted by Gasteiger charge is 2.03. The monoisotopic (exact) mass is 224 g/mol. The van der Waals surface area contributed by atoms with Gasteiger partial charge in [0.15, 0.2) is 0 Å². The fourth-order valence-corrected chi connectivity index (χ4v) is 1.79. The lowest BCUT2D eigenvalue weighted by atomic mass is 10.3. The van der Waals surface area contributed by atoms with Crippen LogP contribution in [0.25, 0.3) is 10.6 Å². The molecule has 0 atom stereocenters. The number of rotatable bonds is 1. The van der Waals surface area contributed by atoms with Crippen molar-refractivity contribution in [1.29, 1.82) is 0 Å². The van der Waals surface area contributed by atoms with Gasteiger partial charge in [0.2, 0.25) is 0 Å². The van der Waals surface area contributed by atoms with Gasteiger partial charge in [0.25, 0.3) is 0 Å². The number of hydrogen-bond donors (Lipinski definition) is 0. The van der Waals surface area contributed by atoms with Crippen molar-refractivity contribution in [1.82, 2.24) is 9.97 Å². The van der Waals surface area contributed by atoms with E-state index < -0.39 is 0 Å². The Kier molecular flexibility index (Phi) is 4.37. The first kappa shape index (κ1) is 11.8. The van der Waals surface area contributed by atoms with Crippen molar-refractivity contribution >= 4 is 11.3 Å². The Morgan fingerprint density at radius 1 is 1.27 bits per heavy atom. The Labute approximate surface area is 92.8 Å². The second-order valence-electron chi connectivity index (χ2n) is 2.69. The molecule has 0 aromatic carbocycles. The molecule has 2 nitrogen and oxygen atoms in total. The smallest absolute Gasteiger partial charge is 0.142 e. The second-order valence-corrected chi connectivity index (χ2v) is 3.54. The Morgan fingerprint density at radius 3 is 2.53 bits per heavy atom. The molecule has 0 spiro atoms. The maximum Gasteiger partial charge on any atom is 0.142 e. The highest BCUT2D eigenvalue weighted by atomic mass is 32.1. The van der Waals surface area contributed by atoms with Gasteiger partial charge in [0, 0.05) is 22.8 Å². The van der Waals surface area contributed by atoms with Crippen molar-refractivity contribution in [2.45, 2.75) is 20.8 Å². The minimum atomic E-state index is -0.328. The number of halogens is 1. The van der Waals surface area contributed by atoms with Gasteiger partial charge in [-0.2, -0.15) is 0 Å². The Balaban J connectivity index is 0.000000531. The molecule has 0 aliphatic carbocycles. The van der Waals surface area contributed by atoms with Crippen LogP contribution in [0, 0.1) is 12.7 Å². The fraction of sp³-hybridized carbons (Fsp3) is 0.273. The van der Waals surface area contributed by atoms with Crippen LogP contribution in [-0.2, 0) is 0 Å². The average molecular weight is 224 g/mol. The van der Waals surface area contributed by atoms with Gasteiger partial charge in [-0.15, -0.1) is 11.3 Å². The summed E-state index contributed by atoms with van der Waals surface area (Å²) in [5.41, 5.74) is 1.68. The maximum atomic E-state index is 12.8. The normalized spacial score (nSPS) is 9.33. The minimum absolute atomic E-state index is 0.328. The summed E-state index contributed by atoms with van der Waals surface area (Å²) < 4.78 is 12.8. The zero-order chi connectivity index (χ0) is 11.3. The third kappa shape index (κ3) is 3.09. The van der Waals surface area contributed by atoms with E-state index in [9.17, 15) is 4.39 Å². The van der Waals surface area contributed by atoms with Crippen molar-refractivity contribution < 1.29 is 4.39 Å². The molecule has 0 saturated carbocycles. The van der Waals surface area contributed by atoms with Crippen LogP contribution >= 0.6 is 11.3 Å². The number of pyridine rings is 1. The van der Waals surface area contributed by atoms with Crippen LogP contribution in [0.5, 0.6) is 0 Å². The summed E-state index contributed by atoms with van der Waals surface area (Å²) in [5, 5.41) is 2.74. The third-order valence-electron chi connectivity index (χ3n) is 1.57. The van der Waals surface area contributed by atoms with Crippen LogP contribution in [-0.4, -0.2) is 9.97 Å². The average Bonchev–Trinajstić information content (AvgIpc) is 2.68. The fourth-order valence-electron chi connectivity index (χ4n) is 1.02. The molecule has 0 aliphatic rings. The summed E-state index contributed by atoms with van der Waals surface area (Å²) in [5.74, 6) is -0.328. The van der Waals surface area contributed by atoms with Crippen molar-refractivity contribution in [3.8, 4) is 10.6 Å². The first-order valence-corrected chi connectivity index (χ1v) is 5.67. The summed E-state index contributed by atoms with van der Waals surface area (Å²) in [6.45, 7) is 5.91. The van der Waals surface area contributed by atoms with Gasteiger partial charge in [-0.3, -0.25) is 4.98 Å². The molecule has 2 heterocycles. The molecule has 0 aliphatic heterocycles. The minimum Gasteiger partial charge on any atom is -0.261 e. The van der Waals surface area contributed by atoms with Gasteiger partial charge in [-0.25, -0.2) is 9.37 Å². The van der Waals surface area contributed by atoms with Gasteiger partial charge in [0.05, 0.1) is 6.20 Å². The second kappa shape index (κ2) is 5.56. The van der Waals surface area contributed by atoms with Crippen LogP contribution in [0.3, 0.4) is 0 Å². The molecule has 2 rings (SSSR count). The molecular weight excluding hydrogens is 211 g/mol. The van der Waals surface area contributed by atoms with Crippen LogP contribution < -0.4 is 0 Å². The lowest BCUT2D eigenvalue weighted by molar-refractivity contribution is 0.622. The van der Waals surface area contributed by atoms with E-state index in [1.807, 2.05) is 26.2 Å². The standard InChI is InChI=1S/C9H7FN2S.C2H6/c1-6-5-13-9(12-6)7-2-8(10)4-11-3-7;1-2/h2-5H,1H3;1-2H3. The van der Waals surface area contributed by atoms with Crippen LogP contribution in [0.2, 0.25) is 0 Å². The number of aryl methyl sites for hydroxylation is 1. The Morgan fingerprint density at radius 2 is 2.00 bits per heavy atom. The van der Waals surface area contributed by atoms with Crippen molar-refractivity contribution in [2.75, 3.05) is 0 Å². The van der Waals surface area contributed by atoms with E-state index in [4.69, 9.17) is 0 Å². The van der Waals surface area contributed by atoms with Crippen LogP contribution in [0.4, 0.5) is 4.39 Å². The molecule has 0 radical (unpaired) electrons. The van der Waals surface area contributed by atoms with Gasteiger partial charge in [0.1, 0.15) is 10.8 Å². The highest BCUT2D eigenvalue weighted by molar-refractivity contribution is 7.13. The molecular formula is C11H13FN2S. The predicted octanol–water partition coefficient (Wildman–Crippen LogP) is 3.68. The molecule has 0 N–H and O–H groups in total. The van der Waals surface area contributed by atoms with E-state index in [1.165, 1.54) is 23.6 Å². The third-order valence-corrected chi connectivity index (χ3v) is 2.58. The zero-order valence-electron chi connectivity index (χ0n) is 8.99. The van der Waals surface area contributed by atoms with E-state index in [0.717, 1.165) is 16.3 Å². The quantitative estimate of drug-likeness (QED) is 0.738. The van der Waals surface area contributed by atoms with E-state index >= 15 is 0 Å². The molecule has 2 aromatic heterocycles. The zero-order valence-corrected chi connectivity index (χ0v) is 9.81. The Bertz CT molecular complexity index is 426. The SMILES string of the molecule is CC.Cc1csc(-c2cncc(F)c2)n1. The van der Waals surface area contributed by atoms with Gasteiger partial charge >= 0.3 is 0 Å². The number of thiazole rings is 1. The lowest BCUT2D eigenvalue weighted by Crippen LogP contribution is -1.82. The van der Waals surface area contributed by atoms with Crippen molar-refractivity contribution in [3.63, 3.8) is 0 Å². The van der Waals surface area contributed by atoms with E-state index in [1.54, 1.807) is 6.20 Å². The van der Waals surface area contributed by atoms with Crippen LogP contribution in [0.15, 0.2) is 23.8 Å². The molecule has 2 aromatic rings. The van der Waals surface area contributed by atoms with Gasteiger partial charge < -0.3 is 0 Å². The van der Waals surface area contributed by atoms with E-state index in [-0.39, 0.29) is 5.82 Å².